The van der Waals surface area contributed by atoms with E-state index in [1.165, 1.54) is 0 Å². The molecule has 0 aromatic heterocycles. The van der Waals surface area contributed by atoms with Crippen LogP contribution in [0, 0.1) is 6.92 Å². The standard InChI is InChI=1S/C26H29N3O3/c1-20-7-4-10-22(19-20)27-26(31)29-16-14-28(15-17-29)25(30)13-6-18-32-24-12-5-9-21-8-2-3-11-23(21)24/h2-5,7-12,19H,6,13-18H2,1H3,(H,27,31). The second kappa shape index (κ2) is 10.2. The van der Waals surface area contributed by atoms with E-state index in [0.29, 0.717) is 45.6 Å². The molecule has 4 rings (SSSR count). The summed E-state index contributed by atoms with van der Waals surface area (Å²) >= 11 is 0. The highest BCUT2D eigenvalue weighted by atomic mass is 16.5. The third kappa shape index (κ3) is 5.38. The molecule has 0 spiro atoms. The number of nitrogens with one attached hydrogen (secondary N) is 1. The second-order valence-electron chi connectivity index (χ2n) is 8.10. The number of fused-ring (bicyclic) bond motifs is 1. The lowest BCUT2D eigenvalue weighted by atomic mass is 10.1. The number of piperazine rings is 1. The van der Waals surface area contributed by atoms with Crippen LogP contribution in [0.15, 0.2) is 66.7 Å². The lowest BCUT2D eigenvalue weighted by Crippen LogP contribution is -2.51. The fourth-order valence-electron chi connectivity index (χ4n) is 3.97. The number of nitrogens with zero attached hydrogens (tertiary/aromatic N) is 2. The van der Waals surface area contributed by atoms with Gasteiger partial charge in [-0.25, -0.2) is 4.79 Å². The van der Waals surface area contributed by atoms with Crippen LogP contribution in [0.4, 0.5) is 10.5 Å². The van der Waals surface area contributed by atoms with Gasteiger partial charge in [-0.15, -0.1) is 0 Å². The fourth-order valence-corrected chi connectivity index (χ4v) is 3.97. The Balaban J connectivity index is 1.19. The Morgan fingerprint density at radius 1 is 0.906 bits per heavy atom. The van der Waals surface area contributed by atoms with Crippen LogP contribution in [0.25, 0.3) is 10.8 Å². The number of amides is 3. The minimum absolute atomic E-state index is 0.116. The Kier molecular flexibility index (Phi) is 6.90. The lowest BCUT2D eigenvalue weighted by Gasteiger charge is -2.34. The number of ether oxygens (including phenoxy) is 1. The zero-order valence-electron chi connectivity index (χ0n) is 18.4. The largest absolute Gasteiger partial charge is 0.493 e. The first-order valence-corrected chi connectivity index (χ1v) is 11.1. The number of rotatable bonds is 6. The summed E-state index contributed by atoms with van der Waals surface area (Å²) in [4.78, 5) is 28.7. The molecule has 1 N–H and O–H groups in total. The van der Waals surface area contributed by atoms with Crippen molar-refractivity contribution in [2.24, 2.45) is 0 Å². The molecule has 0 atom stereocenters. The van der Waals surface area contributed by atoms with E-state index in [0.717, 1.165) is 27.8 Å². The monoisotopic (exact) mass is 431 g/mol. The summed E-state index contributed by atoms with van der Waals surface area (Å²) < 4.78 is 5.94. The van der Waals surface area contributed by atoms with E-state index >= 15 is 0 Å². The molecule has 3 aromatic rings. The quantitative estimate of drug-likeness (QED) is 0.576. The van der Waals surface area contributed by atoms with Gasteiger partial charge in [0.1, 0.15) is 5.75 Å². The van der Waals surface area contributed by atoms with Gasteiger partial charge < -0.3 is 19.9 Å². The Morgan fingerprint density at radius 3 is 2.44 bits per heavy atom. The average molecular weight is 432 g/mol. The van der Waals surface area contributed by atoms with Crippen molar-refractivity contribution < 1.29 is 14.3 Å². The van der Waals surface area contributed by atoms with Crippen LogP contribution in [-0.4, -0.2) is 54.5 Å². The number of benzene rings is 3. The molecule has 1 aliphatic rings. The lowest BCUT2D eigenvalue weighted by molar-refractivity contribution is -0.132. The highest BCUT2D eigenvalue weighted by Crippen LogP contribution is 2.25. The molecular formula is C26H29N3O3. The van der Waals surface area contributed by atoms with Gasteiger partial charge in [-0.2, -0.15) is 0 Å². The van der Waals surface area contributed by atoms with Crippen molar-refractivity contribution in [2.75, 3.05) is 38.1 Å². The first kappa shape index (κ1) is 21.7. The summed E-state index contributed by atoms with van der Waals surface area (Å²) in [6, 6.07) is 21.7. The van der Waals surface area contributed by atoms with Gasteiger partial charge >= 0.3 is 6.03 Å². The van der Waals surface area contributed by atoms with Crippen molar-refractivity contribution in [3.63, 3.8) is 0 Å². The van der Waals surface area contributed by atoms with Gasteiger partial charge in [-0.3, -0.25) is 4.79 Å². The first-order chi connectivity index (χ1) is 15.6. The number of aryl methyl sites for hydroxylation is 1. The molecule has 0 aliphatic carbocycles. The van der Waals surface area contributed by atoms with Crippen LogP contribution in [-0.2, 0) is 4.79 Å². The van der Waals surface area contributed by atoms with Gasteiger partial charge in [0, 0.05) is 43.7 Å². The minimum Gasteiger partial charge on any atom is -0.493 e. The van der Waals surface area contributed by atoms with Crippen molar-refractivity contribution in [2.45, 2.75) is 19.8 Å². The Bertz CT molecular complexity index is 1090. The zero-order chi connectivity index (χ0) is 22.3. The molecule has 0 radical (unpaired) electrons. The van der Waals surface area contributed by atoms with E-state index in [-0.39, 0.29) is 11.9 Å². The molecule has 1 fully saturated rings. The maximum absolute atomic E-state index is 12.6. The van der Waals surface area contributed by atoms with Crippen molar-refractivity contribution in [1.29, 1.82) is 0 Å². The van der Waals surface area contributed by atoms with E-state index in [4.69, 9.17) is 4.74 Å². The van der Waals surface area contributed by atoms with Crippen LogP contribution in [0.1, 0.15) is 18.4 Å². The molecular weight excluding hydrogens is 402 g/mol. The SMILES string of the molecule is Cc1cccc(NC(=O)N2CCN(C(=O)CCCOc3cccc4ccccc34)CC2)c1. The number of carbonyl (C=O) groups is 2. The third-order valence-corrected chi connectivity index (χ3v) is 5.73. The topological polar surface area (TPSA) is 61.9 Å². The predicted molar refractivity (Wildman–Crippen MR) is 127 cm³/mol. The summed E-state index contributed by atoms with van der Waals surface area (Å²) in [6.45, 7) is 4.69. The zero-order valence-corrected chi connectivity index (χ0v) is 18.4. The van der Waals surface area contributed by atoms with Crippen LogP contribution < -0.4 is 10.1 Å². The number of anilines is 1. The number of carbonyl (C=O) groups excluding carboxylic acids is 2. The number of urea groups is 1. The minimum atomic E-state index is -0.119. The van der Waals surface area contributed by atoms with Gasteiger partial charge in [-0.1, -0.05) is 48.5 Å². The van der Waals surface area contributed by atoms with Crippen molar-refractivity contribution >= 4 is 28.4 Å². The van der Waals surface area contributed by atoms with Crippen LogP contribution in [0.3, 0.4) is 0 Å². The van der Waals surface area contributed by atoms with Crippen LogP contribution in [0.5, 0.6) is 5.75 Å². The van der Waals surface area contributed by atoms with E-state index in [9.17, 15) is 9.59 Å². The normalized spacial score (nSPS) is 13.8. The van der Waals surface area contributed by atoms with Crippen molar-refractivity contribution in [3.8, 4) is 5.75 Å². The molecule has 166 valence electrons. The smallest absolute Gasteiger partial charge is 0.321 e. The van der Waals surface area contributed by atoms with Gasteiger partial charge in [0.2, 0.25) is 5.91 Å². The first-order valence-electron chi connectivity index (χ1n) is 11.1. The molecule has 6 heteroatoms. The third-order valence-electron chi connectivity index (χ3n) is 5.73. The highest BCUT2D eigenvalue weighted by molar-refractivity contribution is 5.90. The van der Waals surface area contributed by atoms with Gasteiger partial charge in [0.15, 0.2) is 0 Å². The summed E-state index contributed by atoms with van der Waals surface area (Å²) in [5.74, 6) is 0.967. The Hall–Kier alpha value is -3.54. The van der Waals surface area contributed by atoms with E-state index in [1.807, 2.05) is 66.4 Å². The molecule has 1 saturated heterocycles. The molecule has 3 amide bonds. The number of hydrogen-bond donors (Lipinski definition) is 1. The summed E-state index contributed by atoms with van der Waals surface area (Å²) in [5.41, 5.74) is 1.89. The summed E-state index contributed by atoms with van der Waals surface area (Å²) in [6.07, 6.45) is 1.11. The van der Waals surface area contributed by atoms with Crippen LogP contribution in [0.2, 0.25) is 0 Å². The highest BCUT2D eigenvalue weighted by Gasteiger charge is 2.24. The van der Waals surface area contributed by atoms with Gasteiger partial charge in [-0.05, 0) is 42.5 Å². The van der Waals surface area contributed by atoms with Gasteiger partial charge in [0.05, 0.1) is 6.61 Å². The molecule has 3 aromatic carbocycles. The molecule has 1 aliphatic heterocycles. The maximum Gasteiger partial charge on any atom is 0.321 e. The molecule has 6 nitrogen and oxygen atoms in total. The molecule has 1 heterocycles. The fraction of sp³-hybridized carbons (Fsp3) is 0.308. The maximum atomic E-state index is 12.6. The van der Waals surface area contributed by atoms with Crippen molar-refractivity contribution in [1.82, 2.24) is 9.80 Å². The van der Waals surface area contributed by atoms with E-state index in [1.54, 1.807) is 4.90 Å². The molecule has 0 bridgehead atoms. The summed E-state index contributed by atoms with van der Waals surface area (Å²) in [7, 11) is 0. The van der Waals surface area contributed by atoms with Crippen molar-refractivity contribution in [3.05, 3.63) is 72.3 Å². The van der Waals surface area contributed by atoms with Gasteiger partial charge in [0.25, 0.3) is 0 Å². The molecule has 0 unspecified atom stereocenters. The molecule has 32 heavy (non-hydrogen) atoms. The Morgan fingerprint density at radius 2 is 1.62 bits per heavy atom. The molecule has 0 saturated carbocycles. The predicted octanol–water partition coefficient (Wildman–Crippen LogP) is 4.68. The average Bonchev–Trinajstić information content (AvgIpc) is 2.82. The van der Waals surface area contributed by atoms with E-state index in [2.05, 4.69) is 17.4 Å². The second-order valence-corrected chi connectivity index (χ2v) is 8.10. The van der Waals surface area contributed by atoms with E-state index < -0.39 is 0 Å². The Labute approximate surface area is 188 Å². The number of hydrogen-bond acceptors (Lipinski definition) is 3. The van der Waals surface area contributed by atoms with Crippen LogP contribution >= 0.6 is 0 Å². The summed E-state index contributed by atoms with van der Waals surface area (Å²) in [5, 5.41) is 5.16.